The van der Waals surface area contributed by atoms with Crippen molar-refractivity contribution in [3.8, 4) is 0 Å². The predicted molar refractivity (Wildman–Crippen MR) is 82.0 cm³/mol. The largest absolute Gasteiger partial charge is 0.383 e. The zero-order chi connectivity index (χ0) is 15.0. The van der Waals surface area contributed by atoms with Gasteiger partial charge in [-0.3, -0.25) is 0 Å². The Kier molecular flexibility index (Phi) is 6.98. The van der Waals surface area contributed by atoms with Crippen LogP contribution in [0, 0.1) is 0 Å². The molecule has 0 atom stereocenters. The van der Waals surface area contributed by atoms with Crippen molar-refractivity contribution in [3.63, 3.8) is 0 Å². The molecule has 0 aliphatic carbocycles. The highest BCUT2D eigenvalue weighted by Crippen LogP contribution is 2.14. The highest BCUT2D eigenvalue weighted by molar-refractivity contribution is 7.91. The van der Waals surface area contributed by atoms with Crippen LogP contribution in [-0.2, 0) is 14.6 Å². The monoisotopic (exact) mass is 300 g/mol. The van der Waals surface area contributed by atoms with Gasteiger partial charge in [-0.2, -0.15) is 0 Å². The summed E-state index contributed by atoms with van der Waals surface area (Å²) in [6.45, 7) is 4.59. The van der Waals surface area contributed by atoms with Crippen LogP contribution in [-0.4, -0.2) is 59.5 Å². The number of hydrogen-bond acceptors (Lipinski definition) is 5. The summed E-state index contributed by atoms with van der Waals surface area (Å²) in [5.74, 6) is 0.124. The molecule has 0 fully saturated rings. The van der Waals surface area contributed by atoms with Crippen molar-refractivity contribution in [2.45, 2.75) is 11.8 Å². The number of nitrogens with zero attached hydrogens (tertiary/aromatic N) is 1. The van der Waals surface area contributed by atoms with Crippen LogP contribution in [0.1, 0.15) is 6.92 Å². The van der Waals surface area contributed by atoms with Gasteiger partial charge in [0.2, 0.25) is 0 Å². The van der Waals surface area contributed by atoms with Crippen LogP contribution in [0.2, 0.25) is 0 Å². The molecule has 0 aromatic heterocycles. The van der Waals surface area contributed by atoms with Gasteiger partial charge in [-0.05, 0) is 38.4 Å². The van der Waals surface area contributed by atoms with Crippen molar-refractivity contribution in [2.24, 2.45) is 0 Å². The van der Waals surface area contributed by atoms with Gasteiger partial charge in [0, 0.05) is 18.8 Å². The molecule has 0 heterocycles. The Balaban J connectivity index is 2.32. The lowest BCUT2D eigenvalue weighted by atomic mass is 10.3. The Labute approximate surface area is 121 Å². The van der Waals surface area contributed by atoms with E-state index in [2.05, 4.69) is 10.2 Å². The smallest absolute Gasteiger partial charge is 0.178 e. The molecule has 0 saturated heterocycles. The molecule has 5 nitrogen and oxygen atoms in total. The first kappa shape index (κ1) is 16.9. The van der Waals surface area contributed by atoms with E-state index in [4.69, 9.17) is 4.74 Å². The number of likely N-dealkylation sites (N-methyl/N-ethyl adjacent to an activating group) is 1. The van der Waals surface area contributed by atoms with Crippen LogP contribution in [0.5, 0.6) is 0 Å². The lowest BCUT2D eigenvalue weighted by molar-refractivity contribution is 0.126. The number of anilines is 1. The summed E-state index contributed by atoms with van der Waals surface area (Å²) in [5.41, 5.74) is 0.899. The van der Waals surface area contributed by atoms with Crippen LogP contribution >= 0.6 is 0 Å². The third kappa shape index (κ3) is 5.90. The first-order valence-corrected chi connectivity index (χ1v) is 8.40. The van der Waals surface area contributed by atoms with Gasteiger partial charge in [0.25, 0.3) is 0 Å². The summed E-state index contributed by atoms with van der Waals surface area (Å²) in [7, 11) is 0.902. The van der Waals surface area contributed by atoms with E-state index in [1.807, 2.05) is 14.1 Å². The lowest BCUT2D eigenvalue weighted by Crippen LogP contribution is -2.20. The van der Waals surface area contributed by atoms with Crippen molar-refractivity contribution >= 4 is 15.5 Å². The zero-order valence-corrected chi connectivity index (χ0v) is 13.2. The molecule has 20 heavy (non-hydrogen) atoms. The van der Waals surface area contributed by atoms with Crippen molar-refractivity contribution in [2.75, 3.05) is 51.5 Å². The van der Waals surface area contributed by atoms with Crippen LogP contribution < -0.4 is 5.32 Å². The standard InChI is InChI=1S/C14H24N2O3S/c1-4-20(17,18)14-7-5-13(6-8-14)15-9-11-19-12-10-16(2)3/h5-8,15H,4,9-12H2,1-3H3. The number of sulfone groups is 1. The van der Waals surface area contributed by atoms with Gasteiger partial charge in [0.15, 0.2) is 9.84 Å². The maximum absolute atomic E-state index is 11.7. The van der Waals surface area contributed by atoms with Crippen molar-refractivity contribution < 1.29 is 13.2 Å². The maximum atomic E-state index is 11.7. The lowest BCUT2D eigenvalue weighted by Gasteiger charge is -2.11. The molecule has 0 aliphatic heterocycles. The number of ether oxygens (including phenoxy) is 1. The van der Waals surface area contributed by atoms with E-state index in [1.54, 1.807) is 31.2 Å². The fourth-order valence-corrected chi connectivity index (χ4v) is 2.45. The van der Waals surface area contributed by atoms with Gasteiger partial charge >= 0.3 is 0 Å². The Bertz CT molecular complexity index is 484. The normalized spacial score (nSPS) is 11.8. The molecular weight excluding hydrogens is 276 g/mol. The van der Waals surface area contributed by atoms with Crippen LogP contribution in [0.3, 0.4) is 0 Å². The summed E-state index contributed by atoms with van der Waals surface area (Å²) in [5, 5.41) is 3.20. The second-order valence-electron chi connectivity index (χ2n) is 4.77. The van der Waals surface area contributed by atoms with Gasteiger partial charge in [-0.15, -0.1) is 0 Å². The summed E-state index contributed by atoms with van der Waals surface area (Å²) in [6, 6.07) is 6.83. The van der Waals surface area contributed by atoms with Gasteiger partial charge < -0.3 is 15.0 Å². The summed E-state index contributed by atoms with van der Waals surface area (Å²) >= 11 is 0. The highest BCUT2D eigenvalue weighted by Gasteiger charge is 2.10. The fraction of sp³-hybridized carbons (Fsp3) is 0.571. The third-order valence-corrected chi connectivity index (χ3v) is 4.60. The molecule has 0 unspecified atom stereocenters. The number of benzene rings is 1. The molecule has 0 aliphatic rings. The first-order chi connectivity index (χ1) is 9.45. The molecule has 114 valence electrons. The summed E-state index contributed by atoms with van der Waals surface area (Å²) in [6.07, 6.45) is 0. The Hall–Kier alpha value is -1.11. The average Bonchev–Trinajstić information content (AvgIpc) is 2.43. The summed E-state index contributed by atoms with van der Waals surface area (Å²) < 4.78 is 28.8. The van der Waals surface area contributed by atoms with E-state index in [-0.39, 0.29) is 5.75 Å². The van der Waals surface area contributed by atoms with Crippen molar-refractivity contribution in [3.05, 3.63) is 24.3 Å². The van der Waals surface area contributed by atoms with Gasteiger partial charge in [0.05, 0.1) is 23.9 Å². The Morgan fingerprint density at radius 1 is 1.15 bits per heavy atom. The molecule has 0 bridgehead atoms. The molecule has 0 spiro atoms. The van der Waals surface area contributed by atoms with E-state index in [1.165, 1.54) is 0 Å². The molecule has 0 saturated carbocycles. The van der Waals surface area contributed by atoms with E-state index < -0.39 is 9.84 Å². The summed E-state index contributed by atoms with van der Waals surface area (Å²) in [4.78, 5) is 2.44. The fourth-order valence-electron chi connectivity index (χ4n) is 1.56. The molecule has 6 heteroatoms. The van der Waals surface area contributed by atoms with E-state index in [0.29, 0.717) is 24.7 Å². The average molecular weight is 300 g/mol. The van der Waals surface area contributed by atoms with E-state index in [0.717, 1.165) is 12.2 Å². The topological polar surface area (TPSA) is 58.6 Å². The number of nitrogens with one attached hydrogen (secondary N) is 1. The quantitative estimate of drug-likeness (QED) is 0.700. The van der Waals surface area contributed by atoms with Gasteiger partial charge in [-0.1, -0.05) is 6.92 Å². The Morgan fingerprint density at radius 3 is 2.35 bits per heavy atom. The SMILES string of the molecule is CCS(=O)(=O)c1ccc(NCCOCCN(C)C)cc1. The minimum absolute atomic E-state index is 0.124. The number of rotatable bonds is 9. The highest BCUT2D eigenvalue weighted by atomic mass is 32.2. The molecule has 0 amide bonds. The minimum atomic E-state index is -3.11. The minimum Gasteiger partial charge on any atom is -0.383 e. The number of hydrogen-bond donors (Lipinski definition) is 1. The van der Waals surface area contributed by atoms with Gasteiger partial charge in [0.1, 0.15) is 0 Å². The predicted octanol–water partition coefficient (Wildman–Crippen LogP) is 1.47. The molecule has 1 rings (SSSR count). The molecular formula is C14H24N2O3S. The third-order valence-electron chi connectivity index (χ3n) is 2.85. The maximum Gasteiger partial charge on any atom is 0.178 e. The molecule has 1 aromatic carbocycles. The van der Waals surface area contributed by atoms with Crippen LogP contribution in [0.25, 0.3) is 0 Å². The first-order valence-electron chi connectivity index (χ1n) is 6.75. The van der Waals surface area contributed by atoms with Crippen LogP contribution in [0.4, 0.5) is 5.69 Å². The van der Waals surface area contributed by atoms with Gasteiger partial charge in [-0.25, -0.2) is 8.42 Å². The van der Waals surface area contributed by atoms with E-state index >= 15 is 0 Å². The second kappa shape index (κ2) is 8.24. The molecule has 1 N–H and O–H groups in total. The second-order valence-corrected chi connectivity index (χ2v) is 7.05. The Morgan fingerprint density at radius 2 is 1.80 bits per heavy atom. The van der Waals surface area contributed by atoms with Crippen molar-refractivity contribution in [1.82, 2.24) is 4.90 Å². The molecule has 0 radical (unpaired) electrons. The zero-order valence-electron chi connectivity index (χ0n) is 12.4. The molecule has 1 aromatic rings. The van der Waals surface area contributed by atoms with Crippen LogP contribution in [0.15, 0.2) is 29.2 Å². The van der Waals surface area contributed by atoms with Crippen molar-refractivity contribution in [1.29, 1.82) is 0 Å². The van der Waals surface area contributed by atoms with E-state index in [9.17, 15) is 8.42 Å².